The molecule has 2 aromatic rings. The van der Waals surface area contributed by atoms with Crippen LogP contribution < -0.4 is 0 Å². The highest BCUT2D eigenvalue weighted by molar-refractivity contribution is 5.81. The smallest absolute Gasteiger partial charge is 0.408 e. The lowest BCUT2D eigenvalue weighted by Gasteiger charge is -2.47. The predicted octanol–water partition coefficient (Wildman–Crippen LogP) is 3.19. The Bertz CT molecular complexity index is 743. The molecule has 3 heterocycles. The number of hydrogen-bond donors (Lipinski definition) is 2. The average molecular weight is 276 g/mol. The van der Waals surface area contributed by atoms with E-state index in [1.54, 1.807) is 25.4 Å². The fourth-order valence-electron chi connectivity index (χ4n) is 3.16. The van der Waals surface area contributed by atoms with Crippen LogP contribution in [0.4, 0.5) is 4.79 Å². The number of nitrogens with zero attached hydrogens (tertiary/aromatic N) is 2. The molecule has 1 aliphatic rings. The third-order valence-electron chi connectivity index (χ3n) is 4.34. The quantitative estimate of drug-likeness (QED) is 0.840. The van der Waals surface area contributed by atoms with Gasteiger partial charge in [0.05, 0.1) is 5.54 Å². The van der Waals surface area contributed by atoms with Crippen molar-refractivity contribution in [3.8, 4) is 0 Å². The van der Waals surface area contributed by atoms with Crippen molar-refractivity contribution in [2.24, 2.45) is 5.92 Å². The van der Waals surface area contributed by atoms with E-state index in [1.807, 2.05) is 6.07 Å². The second-order valence-corrected chi connectivity index (χ2v) is 5.38. The number of pyridine rings is 1. The minimum absolute atomic E-state index is 0.325. The number of piperidine rings is 1. The first-order chi connectivity index (χ1) is 10.8. The zero-order valence-electron chi connectivity index (χ0n) is 14.3. The van der Waals surface area contributed by atoms with Crippen LogP contribution in [0.5, 0.6) is 0 Å². The van der Waals surface area contributed by atoms with Crippen LogP contribution >= 0.6 is 0 Å². The molecule has 20 heavy (non-hydrogen) atoms. The van der Waals surface area contributed by atoms with Crippen molar-refractivity contribution in [1.29, 1.82) is 0 Å². The second kappa shape index (κ2) is 4.51. The van der Waals surface area contributed by atoms with Crippen LogP contribution in [0.1, 0.15) is 36.3 Å². The van der Waals surface area contributed by atoms with Crippen LogP contribution in [0, 0.1) is 5.92 Å². The third kappa shape index (κ3) is 1.69. The Morgan fingerprint density at radius 2 is 2.55 bits per heavy atom. The first-order valence-corrected chi connectivity index (χ1v) is 6.69. The minimum atomic E-state index is -2.24. The highest BCUT2D eigenvalue weighted by Gasteiger charge is 2.45. The molecule has 0 bridgehead atoms. The van der Waals surface area contributed by atoms with Crippen molar-refractivity contribution in [2.45, 2.75) is 32.2 Å². The molecule has 0 saturated carbocycles. The summed E-state index contributed by atoms with van der Waals surface area (Å²) in [7, 11) is 0. The minimum Gasteiger partial charge on any atom is -0.465 e. The number of fused-ring (bicyclic) bond motifs is 1. The third-order valence-corrected chi connectivity index (χ3v) is 4.34. The summed E-state index contributed by atoms with van der Waals surface area (Å²) in [6, 6.07) is 3.60. The van der Waals surface area contributed by atoms with E-state index in [1.165, 1.54) is 4.90 Å². The lowest BCUT2D eigenvalue weighted by Crippen LogP contribution is -2.54. The molecule has 2 unspecified atom stereocenters. The van der Waals surface area contributed by atoms with Gasteiger partial charge in [-0.2, -0.15) is 0 Å². The molecule has 2 N–H and O–H groups in total. The number of H-pyrrole nitrogens is 1. The SMILES string of the molecule is [2H]C([2H])([2H])C1CCCN(C(=O)O)C1(C)c1c[nH]c2ncccc12. The molecule has 0 aromatic carbocycles. The molecule has 2 atom stereocenters. The van der Waals surface area contributed by atoms with Crippen molar-refractivity contribution in [1.82, 2.24) is 14.9 Å². The standard InChI is InChI=1S/C15H19N3O2/c1-10-5-4-8-18(14(19)20)15(10,2)12-9-17-13-11(12)6-3-7-16-13/h3,6-7,9-10H,4-5,8H2,1-2H3,(H,16,17)(H,19,20)/i1D3. The van der Waals surface area contributed by atoms with E-state index in [2.05, 4.69) is 9.97 Å². The van der Waals surface area contributed by atoms with Gasteiger partial charge in [0, 0.05) is 34.0 Å². The fraction of sp³-hybridized carbons (Fsp3) is 0.467. The first kappa shape index (κ1) is 9.80. The predicted molar refractivity (Wildman–Crippen MR) is 76.6 cm³/mol. The van der Waals surface area contributed by atoms with Gasteiger partial charge in [0.15, 0.2) is 0 Å². The summed E-state index contributed by atoms with van der Waals surface area (Å²) in [5.74, 6) is -0.765. The van der Waals surface area contributed by atoms with Gasteiger partial charge in [-0.15, -0.1) is 0 Å². The Morgan fingerprint density at radius 1 is 1.70 bits per heavy atom. The summed E-state index contributed by atoms with van der Waals surface area (Å²) < 4.78 is 23.7. The van der Waals surface area contributed by atoms with Gasteiger partial charge in [0.2, 0.25) is 0 Å². The van der Waals surface area contributed by atoms with E-state index in [4.69, 9.17) is 4.11 Å². The maximum absolute atomic E-state index is 11.8. The summed E-state index contributed by atoms with van der Waals surface area (Å²) in [5.41, 5.74) is 0.170. The lowest BCUT2D eigenvalue weighted by molar-refractivity contribution is 0.0208. The molecular formula is C15H19N3O2. The molecule has 2 aromatic heterocycles. The van der Waals surface area contributed by atoms with E-state index in [0.717, 1.165) is 5.39 Å². The maximum atomic E-state index is 11.8. The highest BCUT2D eigenvalue weighted by atomic mass is 16.4. The second-order valence-electron chi connectivity index (χ2n) is 5.38. The maximum Gasteiger partial charge on any atom is 0.408 e. The summed E-state index contributed by atoms with van der Waals surface area (Å²) in [5, 5.41) is 10.4. The topological polar surface area (TPSA) is 69.2 Å². The van der Waals surface area contributed by atoms with Crippen molar-refractivity contribution >= 4 is 17.1 Å². The number of aromatic nitrogens is 2. The van der Waals surface area contributed by atoms with Gasteiger partial charge in [0.25, 0.3) is 0 Å². The first-order valence-electron chi connectivity index (χ1n) is 8.19. The molecule has 0 aliphatic carbocycles. The molecule has 1 fully saturated rings. The number of likely N-dealkylation sites (tertiary alicyclic amines) is 1. The normalized spacial score (nSPS) is 29.8. The number of aromatic amines is 1. The number of rotatable bonds is 1. The van der Waals surface area contributed by atoms with E-state index in [0.29, 0.717) is 30.6 Å². The highest BCUT2D eigenvalue weighted by Crippen LogP contribution is 2.44. The number of carboxylic acid groups (broad SMARTS) is 1. The monoisotopic (exact) mass is 276 g/mol. The summed E-state index contributed by atoms with van der Waals surface area (Å²) in [6.45, 7) is -0.201. The van der Waals surface area contributed by atoms with Crippen molar-refractivity contribution < 1.29 is 14.0 Å². The van der Waals surface area contributed by atoms with Crippen LogP contribution in [-0.4, -0.2) is 32.6 Å². The zero-order chi connectivity index (χ0) is 16.8. The Hall–Kier alpha value is -2.04. The van der Waals surface area contributed by atoms with Gasteiger partial charge in [-0.1, -0.05) is 6.85 Å². The Balaban J connectivity index is 2.24. The van der Waals surface area contributed by atoms with Crippen LogP contribution in [0.25, 0.3) is 11.0 Å². The zero-order valence-corrected chi connectivity index (χ0v) is 11.3. The average Bonchev–Trinajstić information content (AvgIpc) is 2.90. The van der Waals surface area contributed by atoms with Gasteiger partial charge in [-0.25, -0.2) is 9.78 Å². The van der Waals surface area contributed by atoms with Crippen molar-refractivity contribution in [3.05, 3.63) is 30.1 Å². The summed E-state index contributed by atoms with van der Waals surface area (Å²) in [4.78, 5) is 20.3. The van der Waals surface area contributed by atoms with Gasteiger partial charge in [-0.05, 0) is 37.8 Å². The number of carbonyl (C=O) groups is 1. The Labute approximate surface area is 121 Å². The number of amides is 1. The van der Waals surface area contributed by atoms with Gasteiger partial charge < -0.3 is 10.1 Å². The summed E-state index contributed by atoms with van der Waals surface area (Å²) >= 11 is 0. The van der Waals surface area contributed by atoms with E-state index in [9.17, 15) is 9.90 Å². The Morgan fingerprint density at radius 3 is 3.30 bits per heavy atom. The van der Waals surface area contributed by atoms with E-state index >= 15 is 0 Å². The molecular weight excluding hydrogens is 254 g/mol. The molecule has 1 aliphatic heterocycles. The summed E-state index contributed by atoms with van der Waals surface area (Å²) in [6.07, 6.45) is 3.24. The van der Waals surface area contributed by atoms with Crippen molar-refractivity contribution in [3.63, 3.8) is 0 Å². The molecule has 5 nitrogen and oxygen atoms in total. The van der Waals surface area contributed by atoms with E-state index < -0.39 is 24.4 Å². The van der Waals surface area contributed by atoms with Crippen LogP contribution in [0.3, 0.4) is 0 Å². The molecule has 5 heteroatoms. The largest absolute Gasteiger partial charge is 0.465 e. The molecule has 1 saturated heterocycles. The van der Waals surface area contributed by atoms with Crippen LogP contribution in [0.15, 0.2) is 24.5 Å². The van der Waals surface area contributed by atoms with Crippen molar-refractivity contribution in [2.75, 3.05) is 6.54 Å². The molecule has 0 radical (unpaired) electrons. The molecule has 0 spiro atoms. The van der Waals surface area contributed by atoms with Gasteiger partial charge in [0.1, 0.15) is 5.65 Å². The fourth-order valence-corrected chi connectivity index (χ4v) is 3.16. The number of nitrogens with one attached hydrogen (secondary N) is 1. The lowest BCUT2D eigenvalue weighted by atomic mass is 9.74. The molecule has 106 valence electrons. The number of hydrogen-bond acceptors (Lipinski definition) is 2. The van der Waals surface area contributed by atoms with E-state index in [-0.39, 0.29) is 0 Å². The van der Waals surface area contributed by atoms with Gasteiger partial charge >= 0.3 is 6.09 Å². The van der Waals surface area contributed by atoms with Crippen LogP contribution in [0.2, 0.25) is 0 Å². The van der Waals surface area contributed by atoms with Gasteiger partial charge in [-0.3, -0.25) is 4.90 Å². The Kier molecular flexibility index (Phi) is 2.21. The molecule has 3 rings (SSSR count). The molecule has 1 amide bonds. The van der Waals surface area contributed by atoms with Crippen LogP contribution in [-0.2, 0) is 5.54 Å².